The molecule has 2 heterocycles. The molecule has 27 heavy (non-hydrogen) atoms. The van der Waals surface area contributed by atoms with Gasteiger partial charge in [-0.15, -0.1) is 0 Å². The van der Waals surface area contributed by atoms with Crippen LogP contribution < -0.4 is 4.74 Å². The van der Waals surface area contributed by atoms with Crippen molar-refractivity contribution in [1.82, 2.24) is 9.80 Å². The molecule has 2 aliphatic rings. The van der Waals surface area contributed by atoms with E-state index in [0.29, 0.717) is 19.0 Å². The standard InChI is InChI=1S/C21H30ClFN2O2/c1-21(2,3)25-10-6-16(7-11-25)15-4-8-24(9-5-15)20(26)27-19-13-17(22)12-18(23)14-19/h12-16H,4-11H2,1-3H3. The maximum Gasteiger partial charge on any atom is 0.415 e. The second-order valence-corrected chi connectivity index (χ2v) is 9.23. The van der Waals surface area contributed by atoms with Gasteiger partial charge in [0.25, 0.3) is 0 Å². The third-order valence-corrected chi connectivity index (χ3v) is 6.21. The summed E-state index contributed by atoms with van der Waals surface area (Å²) in [5.41, 5.74) is 0.248. The molecule has 2 fully saturated rings. The van der Waals surface area contributed by atoms with Gasteiger partial charge in [-0.3, -0.25) is 4.90 Å². The molecule has 0 spiro atoms. The number of benzene rings is 1. The number of nitrogens with zero attached hydrogens (tertiary/aromatic N) is 2. The van der Waals surface area contributed by atoms with E-state index >= 15 is 0 Å². The minimum absolute atomic E-state index is 0.154. The highest BCUT2D eigenvalue weighted by molar-refractivity contribution is 6.30. The van der Waals surface area contributed by atoms with E-state index in [1.165, 1.54) is 31.0 Å². The SMILES string of the molecule is CC(C)(C)N1CCC(C2CCN(C(=O)Oc3cc(F)cc(Cl)c3)CC2)CC1. The van der Waals surface area contributed by atoms with Gasteiger partial charge in [-0.2, -0.15) is 0 Å². The summed E-state index contributed by atoms with van der Waals surface area (Å²) in [7, 11) is 0. The van der Waals surface area contributed by atoms with E-state index < -0.39 is 11.9 Å². The van der Waals surface area contributed by atoms with Crippen LogP contribution in [0.1, 0.15) is 46.5 Å². The van der Waals surface area contributed by atoms with Crippen LogP contribution >= 0.6 is 11.6 Å². The molecular formula is C21H30ClFN2O2. The van der Waals surface area contributed by atoms with Gasteiger partial charge in [-0.05, 0) is 83.5 Å². The van der Waals surface area contributed by atoms with E-state index in [4.69, 9.17) is 16.3 Å². The summed E-state index contributed by atoms with van der Waals surface area (Å²) in [5, 5.41) is 0.220. The summed E-state index contributed by atoms with van der Waals surface area (Å²) < 4.78 is 18.7. The van der Waals surface area contributed by atoms with Crippen LogP contribution in [-0.4, -0.2) is 47.6 Å². The summed E-state index contributed by atoms with van der Waals surface area (Å²) in [6, 6.07) is 3.83. The second-order valence-electron chi connectivity index (χ2n) is 8.79. The molecule has 0 saturated carbocycles. The van der Waals surface area contributed by atoms with Crippen LogP contribution in [0, 0.1) is 17.7 Å². The lowest BCUT2D eigenvalue weighted by Gasteiger charge is -2.44. The van der Waals surface area contributed by atoms with E-state index in [2.05, 4.69) is 25.7 Å². The van der Waals surface area contributed by atoms with Crippen LogP contribution in [0.5, 0.6) is 5.75 Å². The van der Waals surface area contributed by atoms with Crippen molar-refractivity contribution in [3.05, 3.63) is 29.0 Å². The molecule has 150 valence electrons. The van der Waals surface area contributed by atoms with Gasteiger partial charge in [0.2, 0.25) is 0 Å². The average molecular weight is 397 g/mol. The molecule has 2 aliphatic heterocycles. The number of piperidine rings is 2. The Morgan fingerprint density at radius 3 is 2.11 bits per heavy atom. The zero-order valence-electron chi connectivity index (χ0n) is 16.5. The zero-order valence-corrected chi connectivity index (χ0v) is 17.3. The van der Waals surface area contributed by atoms with E-state index in [0.717, 1.165) is 31.8 Å². The van der Waals surface area contributed by atoms with Crippen molar-refractivity contribution in [3.8, 4) is 5.75 Å². The molecule has 1 aromatic carbocycles. The van der Waals surface area contributed by atoms with Crippen LogP contribution in [0.25, 0.3) is 0 Å². The van der Waals surface area contributed by atoms with Gasteiger partial charge in [0.15, 0.2) is 0 Å². The Labute approximate surface area is 166 Å². The predicted octanol–water partition coefficient (Wildman–Crippen LogP) is 5.20. The van der Waals surface area contributed by atoms with Crippen LogP contribution in [0.2, 0.25) is 5.02 Å². The molecular weight excluding hydrogens is 367 g/mol. The number of rotatable bonds is 2. The van der Waals surface area contributed by atoms with Crippen molar-refractivity contribution >= 4 is 17.7 Å². The molecule has 2 saturated heterocycles. The summed E-state index contributed by atoms with van der Waals surface area (Å²) in [4.78, 5) is 16.6. The first-order valence-corrected chi connectivity index (χ1v) is 10.3. The Morgan fingerprint density at radius 1 is 1.04 bits per heavy atom. The van der Waals surface area contributed by atoms with E-state index in [9.17, 15) is 9.18 Å². The smallest absolute Gasteiger partial charge is 0.410 e. The second kappa shape index (κ2) is 8.36. The maximum absolute atomic E-state index is 13.4. The summed E-state index contributed by atoms with van der Waals surface area (Å²) in [6.07, 6.45) is 4.10. The molecule has 0 unspecified atom stereocenters. The van der Waals surface area contributed by atoms with Crippen molar-refractivity contribution in [3.63, 3.8) is 0 Å². The van der Waals surface area contributed by atoms with E-state index in [-0.39, 0.29) is 16.3 Å². The van der Waals surface area contributed by atoms with E-state index in [1.807, 2.05) is 0 Å². The highest BCUT2D eigenvalue weighted by atomic mass is 35.5. The van der Waals surface area contributed by atoms with Crippen molar-refractivity contribution in [2.75, 3.05) is 26.2 Å². The fourth-order valence-corrected chi connectivity index (χ4v) is 4.56. The first-order chi connectivity index (χ1) is 12.7. The van der Waals surface area contributed by atoms with Gasteiger partial charge in [0.1, 0.15) is 11.6 Å². The molecule has 4 nitrogen and oxygen atoms in total. The van der Waals surface area contributed by atoms with Crippen molar-refractivity contribution in [1.29, 1.82) is 0 Å². The molecule has 1 amide bonds. The summed E-state index contributed by atoms with van der Waals surface area (Å²) in [5.74, 6) is 1.08. The first kappa shape index (κ1) is 20.4. The highest BCUT2D eigenvalue weighted by Gasteiger charge is 2.33. The van der Waals surface area contributed by atoms with E-state index in [1.54, 1.807) is 4.90 Å². The Morgan fingerprint density at radius 2 is 1.59 bits per heavy atom. The van der Waals surface area contributed by atoms with Gasteiger partial charge in [-0.1, -0.05) is 11.6 Å². The predicted molar refractivity (Wildman–Crippen MR) is 106 cm³/mol. The number of amides is 1. The third-order valence-electron chi connectivity index (χ3n) is 5.99. The van der Waals surface area contributed by atoms with Gasteiger partial charge in [-0.25, -0.2) is 9.18 Å². The fraction of sp³-hybridized carbons (Fsp3) is 0.667. The topological polar surface area (TPSA) is 32.8 Å². The van der Waals surface area contributed by atoms with Crippen LogP contribution in [0.4, 0.5) is 9.18 Å². The van der Waals surface area contributed by atoms with Gasteiger partial charge >= 0.3 is 6.09 Å². The van der Waals surface area contributed by atoms with Crippen molar-refractivity contribution in [2.45, 2.75) is 52.0 Å². The molecule has 6 heteroatoms. The Hall–Kier alpha value is -1.33. The molecule has 3 rings (SSSR count). The largest absolute Gasteiger partial charge is 0.415 e. The lowest BCUT2D eigenvalue weighted by Crippen LogP contribution is -2.48. The zero-order chi connectivity index (χ0) is 19.6. The summed E-state index contributed by atoms with van der Waals surface area (Å²) in [6.45, 7) is 10.6. The molecule has 0 N–H and O–H groups in total. The minimum Gasteiger partial charge on any atom is -0.410 e. The Bertz CT molecular complexity index is 640. The lowest BCUT2D eigenvalue weighted by atomic mass is 9.78. The normalized spacial score (nSPS) is 20.7. The number of carbonyl (C=O) groups excluding carboxylic acids is 1. The number of hydrogen-bond donors (Lipinski definition) is 0. The number of halogens is 2. The third kappa shape index (κ3) is 5.35. The van der Waals surface area contributed by atoms with Gasteiger partial charge < -0.3 is 9.64 Å². The molecule has 0 aromatic heterocycles. The van der Waals surface area contributed by atoms with Crippen LogP contribution in [-0.2, 0) is 0 Å². The molecule has 0 radical (unpaired) electrons. The number of likely N-dealkylation sites (tertiary alicyclic amines) is 2. The minimum atomic E-state index is -0.509. The van der Waals surface area contributed by atoms with Crippen molar-refractivity contribution in [2.24, 2.45) is 11.8 Å². The molecule has 0 atom stereocenters. The summed E-state index contributed by atoms with van der Waals surface area (Å²) >= 11 is 5.81. The van der Waals surface area contributed by atoms with Crippen LogP contribution in [0.15, 0.2) is 18.2 Å². The molecule has 0 bridgehead atoms. The average Bonchev–Trinajstić information content (AvgIpc) is 2.60. The number of hydrogen-bond acceptors (Lipinski definition) is 3. The lowest BCUT2D eigenvalue weighted by molar-refractivity contribution is 0.0529. The first-order valence-electron chi connectivity index (χ1n) is 9.90. The highest BCUT2D eigenvalue weighted by Crippen LogP contribution is 2.34. The van der Waals surface area contributed by atoms with Gasteiger partial charge in [0.05, 0.1) is 0 Å². The number of ether oxygens (including phenoxy) is 1. The quantitative estimate of drug-likeness (QED) is 0.688. The van der Waals surface area contributed by atoms with Crippen LogP contribution in [0.3, 0.4) is 0 Å². The fourth-order valence-electron chi connectivity index (χ4n) is 4.35. The Kier molecular flexibility index (Phi) is 6.32. The number of carbonyl (C=O) groups is 1. The molecule has 1 aromatic rings. The Balaban J connectivity index is 1.47. The van der Waals surface area contributed by atoms with Gasteiger partial charge in [0, 0.05) is 29.7 Å². The monoisotopic (exact) mass is 396 g/mol. The van der Waals surface area contributed by atoms with Crippen molar-refractivity contribution < 1.29 is 13.9 Å². The molecule has 0 aliphatic carbocycles. The maximum atomic E-state index is 13.4.